The highest BCUT2D eigenvalue weighted by molar-refractivity contribution is 8.18. The molecule has 0 bridgehead atoms. The van der Waals surface area contributed by atoms with Crippen molar-refractivity contribution < 1.29 is 0 Å². The number of unbranched alkanes of at least 4 members (excludes halogenated alkanes) is 2. The zero-order valence-electron chi connectivity index (χ0n) is 11.5. The van der Waals surface area contributed by atoms with E-state index in [1.54, 1.807) is 0 Å². The molecule has 0 aliphatic carbocycles. The van der Waals surface area contributed by atoms with Crippen molar-refractivity contribution in [1.82, 2.24) is 9.55 Å². The first-order valence-electron chi connectivity index (χ1n) is 6.98. The van der Waals surface area contributed by atoms with Gasteiger partial charge in [-0.1, -0.05) is 33.1 Å². The van der Waals surface area contributed by atoms with E-state index >= 15 is 0 Å². The van der Waals surface area contributed by atoms with Gasteiger partial charge in [-0.15, -0.1) is 23.5 Å². The SMILES string of the molecule is CCCCCC1(Cn2ccnc2)SCC(C)CS1. The van der Waals surface area contributed by atoms with Crippen molar-refractivity contribution in [3.63, 3.8) is 0 Å². The van der Waals surface area contributed by atoms with Crippen molar-refractivity contribution in [3.8, 4) is 0 Å². The lowest BCUT2D eigenvalue weighted by atomic mass is 10.1. The first kappa shape index (κ1) is 14.3. The second-order valence-electron chi connectivity index (χ2n) is 5.33. The topological polar surface area (TPSA) is 17.8 Å². The Bertz CT molecular complexity index is 330. The molecule has 1 fully saturated rings. The van der Waals surface area contributed by atoms with Crippen LogP contribution in [0.2, 0.25) is 0 Å². The van der Waals surface area contributed by atoms with Crippen molar-refractivity contribution in [1.29, 1.82) is 0 Å². The van der Waals surface area contributed by atoms with Gasteiger partial charge in [0.1, 0.15) is 0 Å². The fourth-order valence-corrected chi connectivity index (χ4v) is 5.66. The maximum atomic E-state index is 4.17. The van der Waals surface area contributed by atoms with E-state index < -0.39 is 0 Å². The Balaban J connectivity index is 1.97. The van der Waals surface area contributed by atoms with Gasteiger partial charge in [-0.05, 0) is 23.8 Å². The molecule has 0 aromatic carbocycles. The maximum Gasteiger partial charge on any atom is 0.0946 e. The molecule has 1 aliphatic heterocycles. The largest absolute Gasteiger partial charge is 0.335 e. The van der Waals surface area contributed by atoms with Crippen LogP contribution in [-0.4, -0.2) is 25.1 Å². The minimum absolute atomic E-state index is 0.391. The molecule has 0 saturated carbocycles. The van der Waals surface area contributed by atoms with Gasteiger partial charge in [0.25, 0.3) is 0 Å². The highest BCUT2D eigenvalue weighted by Gasteiger charge is 2.35. The maximum absolute atomic E-state index is 4.17. The van der Waals surface area contributed by atoms with Crippen LogP contribution in [0.1, 0.15) is 39.5 Å². The van der Waals surface area contributed by atoms with Gasteiger partial charge in [-0.3, -0.25) is 0 Å². The average molecular weight is 284 g/mol. The summed E-state index contributed by atoms with van der Waals surface area (Å²) in [5.74, 6) is 3.49. The lowest BCUT2D eigenvalue weighted by Gasteiger charge is -2.38. The van der Waals surface area contributed by atoms with Gasteiger partial charge in [-0.2, -0.15) is 0 Å². The lowest BCUT2D eigenvalue weighted by molar-refractivity contribution is 0.544. The van der Waals surface area contributed by atoms with Crippen molar-refractivity contribution in [3.05, 3.63) is 18.7 Å². The first-order chi connectivity index (χ1) is 8.74. The number of thioether (sulfide) groups is 2. The Hall–Kier alpha value is -0.0900. The molecule has 0 radical (unpaired) electrons. The molecule has 1 aromatic rings. The van der Waals surface area contributed by atoms with Crippen LogP contribution in [0.5, 0.6) is 0 Å². The molecule has 1 aromatic heterocycles. The van der Waals surface area contributed by atoms with E-state index in [1.165, 1.54) is 37.2 Å². The molecule has 4 heteroatoms. The van der Waals surface area contributed by atoms with E-state index in [1.807, 2.05) is 12.5 Å². The van der Waals surface area contributed by atoms with Gasteiger partial charge in [0.2, 0.25) is 0 Å². The van der Waals surface area contributed by atoms with E-state index in [9.17, 15) is 0 Å². The van der Waals surface area contributed by atoms with Crippen molar-refractivity contribution >= 4 is 23.5 Å². The molecule has 2 heterocycles. The number of hydrogen-bond donors (Lipinski definition) is 0. The summed E-state index contributed by atoms with van der Waals surface area (Å²) in [6.07, 6.45) is 11.3. The molecule has 1 saturated heterocycles. The Morgan fingerprint density at radius 1 is 1.33 bits per heavy atom. The molecule has 102 valence electrons. The third-order valence-electron chi connectivity index (χ3n) is 3.41. The van der Waals surface area contributed by atoms with Gasteiger partial charge in [-0.25, -0.2) is 4.98 Å². The van der Waals surface area contributed by atoms with Crippen LogP contribution >= 0.6 is 23.5 Å². The second kappa shape index (κ2) is 6.90. The average Bonchev–Trinajstić information content (AvgIpc) is 2.86. The second-order valence-corrected chi connectivity index (χ2v) is 8.40. The molecule has 2 nitrogen and oxygen atoms in total. The van der Waals surface area contributed by atoms with Gasteiger partial charge >= 0.3 is 0 Å². The third kappa shape index (κ3) is 3.95. The quantitative estimate of drug-likeness (QED) is 0.726. The Morgan fingerprint density at radius 3 is 2.72 bits per heavy atom. The minimum Gasteiger partial charge on any atom is -0.335 e. The molecule has 0 amide bonds. The highest BCUT2D eigenvalue weighted by atomic mass is 32.2. The molecule has 1 aliphatic rings. The summed E-state index contributed by atoms with van der Waals surface area (Å²) >= 11 is 4.36. The lowest BCUT2D eigenvalue weighted by Crippen LogP contribution is -2.33. The fraction of sp³-hybridized carbons (Fsp3) is 0.786. The van der Waals surface area contributed by atoms with E-state index in [-0.39, 0.29) is 0 Å². The number of hydrogen-bond acceptors (Lipinski definition) is 3. The van der Waals surface area contributed by atoms with Crippen LogP contribution < -0.4 is 0 Å². The van der Waals surface area contributed by atoms with Gasteiger partial charge in [0, 0.05) is 18.9 Å². The van der Waals surface area contributed by atoms with Crippen LogP contribution in [0.25, 0.3) is 0 Å². The molecular formula is C14H24N2S2. The fourth-order valence-electron chi connectivity index (χ4n) is 2.30. The Kier molecular flexibility index (Phi) is 5.49. The molecule has 0 unspecified atom stereocenters. The zero-order valence-corrected chi connectivity index (χ0v) is 13.1. The Labute approximate surface area is 119 Å². The normalized spacial score (nSPS) is 28.4. The summed E-state index contributed by atoms with van der Waals surface area (Å²) in [5, 5.41) is 0. The predicted octanol–water partition coefficient (Wildman–Crippen LogP) is 4.28. The van der Waals surface area contributed by atoms with Gasteiger partial charge in [0.15, 0.2) is 0 Å². The molecule has 0 N–H and O–H groups in total. The first-order valence-corrected chi connectivity index (χ1v) is 8.95. The molecule has 2 rings (SSSR count). The Morgan fingerprint density at radius 2 is 2.11 bits per heavy atom. The number of aromatic nitrogens is 2. The number of nitrogens with zero attached hydrogens (tertiary/aromatic N) is 2. The van der Waals surface area contributed by atoms with E-state index in [2.05, 4.69) is 53.1 Å². The van der Waals surface area contributed by atoms with Crippen LogP contribution in [-0.2, 0) is 6.54 Å². The predicted molar refractivity (Wildman–Crippen MR) is 83.2 cm³/mol. The van der Waals surface area contributed by atoms with Crippen molar-refractivity contribution in [2.24, 2.45) is 5.92 Å². The minimum atomic E-state index is 0.391. The van der Waals surface area contributed by atoms with Crippen molar-refractivity contribution in [2.75, 3.05) is 11.5 Å². The molecule has 0 spiro atoms. The number of imidazole rings is 1. The van der Waals surface area contributed by atoms with E-state index in [0.717, 1.165) is 12.5 Å². The highest BCUT2D eigenvalue weighted by Crippen LogP contribution is 2.48. The summed E-state index contributed by atoms with van der Waals surface area (Å²) in [5.41, 5.74) is 0. The van der Waals surface area contributed by atoms with Crippen LogP contribution in [0, 0.1) is 5.92 Å². The van der Waals surface area contributed by atoms with Crippen LogP contribution in [0.4, 0.5) is 0 Å². The van der Waals surface area contributed by atoms with Crippen LogP contribution in [0.15, 0.2) is 18.7 Å². The summed E-state index contributed by atoms with van der Waals surface area (Å²) < 4.78 is 2.64. The smallest absolute Gasteiger partial charge is 0.0946 e. The molecule has 18 heavy (non-hydrogen) atoms. The molecular weight excluding hydrogens is 260 g/mol. The summed E-state index contributed by atoms with van der Waals surface area (Å²) in [6.45, 7) is 5.76. The van der Waals surface area contributed by atoms with E-state index in [4.69, 9.17) is 0 Å². The van der Waals surface area contributed by atoms with Gasteiger partial charge < -0.3 is 4.57 Å². The van der Waals surface area contributed by atoms with E-state index in [0.29, 0.717) is 4.08 Å². The summed E-state index contributed by atoms with van der Waals surface area (Å²) in [6, 6.07) is 0. The number of rotatable bonds is 6. The third-order valence-corrected chi connectivity index (χ3v) is 7.30. The molecule has 0 atom stereocenters. The zero-order chi connectivity index (χ0) is 12.8. The summed E-state index contributed by atoms with van der Waals surface area (Å²) in [4.78, 5) is 4.17. The summed E-state index contributed by atoms with van der Waals surface area (Å²) in [7, 11) is 0. The monoisotopic (exact) mass is 284 g/mol. The van der Waals surface area contributed by atoms with Gasteiger partial charge in [0.05, 0.1) is 10.4 Å². The standard InChI is InChI=1S/C14H24N2S2/c1-3-4-5-6-14(11-16-8-7-15-12-16)17-9-13(2)10-18-14/h7-8,12-13H,3-6,9-11H2,1-2H3. The van der Waals surface area contributed by atoms with Crippen molar-refractivity contribution in [2.45, 2.75) is 50.2 Å². The van der Waals surface area contributed by atoms with Crippen LogP contribution in [0.3, 0.4) is 0 Å².